The van der Waals surface area contributed by atoms with E-state index in [2.05, 4.69) is 9.84 Å². The van der Waals surface area contributed by atoms with Crippen LogP contribution in [0.5, 0.6) is 0 Å². The zero-order valence-corrected chi connectivity index (χ0v) is 10.2. The van der Waals surface area contributed by atoms with Gasteiger partial charge in [0.15, 0.2) is 0 Å². The van der Waals surface area contributed by atoms with Crippen LogP contribution in [0.3, 0.4) is 0 Å². The summed E-state index contributed by atoms with van der Waals surface area (Å²) in [5.41, 5.74) is 1.70. The molecule has 2 aromatic rings. The number of ether oxygens (including phenoxy) is 1. The van der Waals surface area contributed by atoms with Crippen LogP contribution in [0.15, 0.2) is 30.6 Å². The molecule has 94 valence electrons. The van der Waals surface area contributed by atoms with E-state index in [9.17, 15) is 9.18 Å². The van der Waals surface area contributed by atoms with Crippen molar-refractivity contribution >= 4 is 5.97 Å². The third kappa shape index (κ3) is 2.56. The molecular weight excluding hydrogens is 235 g/mol. The number of carbonyl (C=O) groups excluding carboxylic acids is 1. The van der Waals surface area contributed by atoms with Crippen LogP contribution >= 0.6 is 0 Å². The molecule has 0 radical (unpaired) electrons. The lowest BCUT2D eigenvalue weighted by Gasteiger charge is -2.05. The largest absolute Gasteiger partial charge is 0.465 e. The van der Waals surface area contributed by atoms with Crippen molar-refractivity contribution < 1.29 is 13.9 Å². The van der Waals surface area contributed by atoms with E-state index in [0.29, 0.717) is 12.1 Å². The van der Waals surface area contributed by atoms with Crippen molar-refractivity contribution in [2.24, 2.45) is 0 Å². The Bertz CT molecular complexity index is 578. The maximum atomic E-state index is 13.8. The van der Waals surface area contributed by atoms with E-state index in [1.807, 2.05) is 13.1 Å². The van der Waals surface area contributed by atoms with E-state index in [-0.39, 0.29) is 5.56 Å². The van der Waals surface area contributed by atoms with E-state index in [1.165, 1.54) is 13.2 Å². The number of hydrogen-bond acceptors (Lipinski definition) is 3. The highest BCUT2D eigenvalue weighted by molar-refractivity contribution is 5.89. The molecule has 0 N–H and O–H groups in total. The molecule has 0 atom stereocenters. The minimum Gasteiger partial charge on any atom is -0.465 e. The first kappa shape index (κ1) is 12.3. The molecular formula is C13H13FN2O2. The predicted molar refractivity (Wildman–Crippen MR) is 63.8 cm³/mol. The molecule has 5 heteroatoms. The van der Waals surface area contributed by atoms with Gasteiger partial charge in [-0.3, -0.25) is 4.68 Å². The quantitative estimate of drug-likeness (QED) is 0.782. The topological polar surface area (TPSA) is 44.1 Å². The fourth-order valence-corrected chi connectivity index (χ4v) is 1.65. The summed E-state index contributed by atoms with van der Waals surface area (Å²) in [7, 11) is 1.26. The van der Waals surface area contributed by atoms with Crippen LogP contribution in [-0.4, -0.2) is 22.9 Å². The molecule has 0 saturated heterocycles. The Hall–Kier alpha value is -2.17. The number of methoxy groups -OCH3 is 1. The Morgan fingerprint density at radius 3 is 2.83 bits per heavy atom. The Morgan fingerprint density at radius 2 is 2.28 bits per heavy atom. The zero-order chi connectivity index (χ0) is 13.1. The number of benzene rings is 1. The van der Waals surface area contributed by atoms with Gasteiger partial charge in [0.25, 0.3) is 0 Å². The molecule has 4 nitrogen and oxygen atoms in total. The van der Waals surface area contributed by atoms with E-state index >= 15 is 0 Å². The lowest BCUT2D eigenvalue weighted by Crippen LogP contribution is -2.06. The highest BCUT2D eigenvalue weighted by atomic mass is 19.1. The van der Waals surface area contributed by atoms with Gasteiger partial charge in [-0.25, -0.2) is 9.18 Å². The molecule has 0 amide bonds. The lowest BCUT2D eigenvalue weighted by molar-refractivity contribution is 0.0600. The van der Waals surface area contributed by atoms with Crippen molar-refractivity contribution in [3.63, 3.8) is 0 Å². The highest BCUT2D eigenvalue weighted by Crippen LogP contribution is 2.13. The molecule has 0 unspecified atom stereocenters. The maximum absolute atomic E-state index is 13.8. The molecule has 0 saturated carbocycles. The van der Waals surface area contributed by atoms with Crippen molar-refractivity contribution in [3.05, 3.63) is 53.1 Å². The van der Waals surface area contributed by atoms with Gasteiger partial charge in [0, 0.05) is 11.8 Å². The minimum absolute atomic E-state index is 0.204. The van der Waals surface area contributed by atoms with Crippen molar-refractivity contribution in [1.29, 1.82) is 0 Å². The van der Waals surface area contributed by atoms with Gasteiger partial charge in [-0.05, 0) is 24.6 Å². The molecule has 18 heavy (non-hydrogen) atoms. The fourth-order valence-electron chi connectivity index (χ4n) is 1.65. The van der Waals surface area contributed by atoms with E-state index in [0.717, 1.165) is 5.56 Å². The average Bonchev–Trinajstić information content (AvgIpc) is 2.76. The van der Waals surface area contributed by atoms with E-state index in [4.69, 9.17) is 0 Å². The summed E-state index contributed by atoms with van der Waals surface area (Å²) >= 11 is 0. The minimum atomic E-state index is -0.546. The molecule has 2 rings (SSSR count). The number of esters is 1. The second-order valence-corrected chi connectivity index (χ2v) is 4.01. The number of nitrogens with zero attached hydrogens (tertiary/aromatic N) is 2. The SMILES string of the molecule is COC(=O)c1ccc(Cn2cc(C)cn2)c(F)c1. The number of aryl methyl sites for hydroxylation is 1. The summed E-state index contributed by atoms with van der Waals surface area (Å²) < 4.78 is 20.0. The zero-order valence-electron chi connectivity index (χ0n) is 10.2. The molecule has 0 aliphatic heterocycles. The molecule has 0 aliphatic carbocycles. The van der Waals surface area contributed by atoms with Gasteiger partial charge < -0.3 is 4.74 Å². The van der Waals surface area contributed by atoms with Gasteiger partial charge >= 0.3 is 5.97 Å². The predicted octanol–water partition coefficient (Wildman–Crippen LogP) is 2.17. The first-order chi connectivity index (χ1) is 8.60. The summed E-state index contributed by atoms with van der Waals surface area (Å²) in [5.74, 6) is -0.985. The van der Waals surface area contributed by atoms with Crippen LogP contribution in [0, 0.1) is 12.7 Å². The lowest BCUT2D eigenvalue weighted by atomic mass is 10.1. The summed E-state index contributed by atoms with van der Waals surface area (Å²) in [5, 5.41) is 4.08. The van der Waals surface area contributed by atoms with Crippen LogP contribution < -0.4 is 0 Å². The summed E-state index contributed by atoms with van der Waals surface area (Å²) in [6, 6.07) is 4.29. The van der Waals surface area contributed by atoms with Crippen LogP contribution in [0.25, 0.3) is 0 Å². The molecule has 0 fully saturated rings. The van der Waals surface area contributed by atoms with Gasteiger partial charge in [-0.2, -0.15) is 5.10 Å². The first-order valence-electron chi connectivity index (χ1n) is 5.46. The van der Waals surface area contributed by atoms with Crippen molar-refractivity contribution in [2.75, 3.05) is 7.11 Å². The first-order valence-corrected chi connectivity index (χ1v) is 5.46. The summed E-state index contributed by atoms with van der Waals surface area (Å²) in [4.78, 5) is 11.2. The van der Waals surface area contributed by atoms with Gasteiger partial charge in [-0.1, -0.05) is 6.07 Å². The van der Waals surface area contributed by atoms with Crippen molar-refractivity contribution in [2.45, 2.75) is 13.5 Å². The number of aromatic nitrogens is 2. The number of carbonyl (C=O) groups is 1. The van der Waals surface area contributed by atoms with Crippen LogP contribution in [0.1, 0.15) is 21.5 Å². The molecule has 0 bridgehead atoms. The van der Waals surface area contributed by atoms with Gasteiger partial charge in [0.1, 0.15) is 5.82 Å². The second-order valence-electron chi connectivity index (χ2n) is 4.01. The smallest absolute Gasteiger partial charge is 0.337 e. The summed E-state index contributed by atoms with van der Waals surface area (Å²) in [6.07, 6.45) is 3.54. The Labute approximate surface area is 104 Å². The molecule has 0 aliphatic rings. The molecule has 1 heterocycles. The third-order valence-electron chi connectivity index (χ3n) is 2.57. The van der Waals surface area contributed by atoms with E-state index < -0.39 is 11.8 Å². The fraction of sp³-hybridized carbons (Fsp3) is 0.231. The van der Waals surface area contributed by atoms with Gasteiger partial charge in [0.2, 0.25) is 0 Å². The Balaban J connectivity index is 2.22. The van der Waals surface area contributed by atoms with E-state index in [1.54, 1.807) is 23.0 Å². The van der Waals surface area contributed by atoms with Crippen molar-refractivity contribution in [1.82, 2.24) is 9.78 Å². The average molecular weight is 248 g/mol. The molecule has 0 spiro atoms. The van der Waals surface area contributed by atoms with Crippen LogP contribution in [0.4, 0.5) is 4.39 Å². The Kier molecular flexibility index (Phi) is 3.41. The molecule has 1 aromatic carbocycles. The number of rotatable bonds is 3. The van der Waals surface area contributed by atoms with Gasteiger partial charge in [0.05, 0.1) is 25.4 Å². The molecule has 1 aromatic heterocycles. The normalized spacial score (nSPS) is 10.4. The summed E-state index contributed by atoms with van der Waals surface area (Å²) in [6.45, 7) is 2.25. The second kappa shape index (κ2) is 5.00. The van der Waals surface area contributed by atoms with Crippen LogP contribution in [-0.2, 0) is 11.3 Å². The highest BCUT2D eigenvalue weighted by Gasteiger charge is 2.10. The monoisotopic (exact) mass is 248 g/mol. The standard InChI is InChI=1S/C13H13FN2O2/c1-9-6-15-16(7-9)8-11-4-3-10(5-12(11)14)13(17)18-2/h3-7H,8H2,1-2H3. The van der Waals surface area contributed by atoms with Crippen LogP contribution in [0.2, 0.25) is 0 Å². The Morgan fingerprint density at radius 1 is 1.50 bits per heavy atom. The number of hydrogen-bond donors (Lipinski definition) is 0. The number of halogens is 1. The third-order valence-corrected chi connectivity index (χ3v) is 2.57. The van der Waals surface area contributed by atoms with Crippen molar-refractivity contribution in [3.8, 4) is 0 Å². The maximum Gasteiger partial charge on any atom is 0.337 e. The van der Waals surface area contributed by atoms with Gasteiger partial charge in [-0.15, -0.1) is 0 Å².